The molecule has 4 heteroatoms. The number of rotatable bonds is 23. The average molecular weight is 401 g/mol. The van der Waals surface area contributed by atoms with Crippen molar-refractivity contribution in [3.63, 3.8) is 0 Å². The van der Waals surface area contributed by atoms with E-state index >= 15 is 0 Å². The minimum atomic E-state index is -0.0943. The van der Waals surface area contributed by atoms with Gasteiger partial charge in [0.15, 0.2) is 0 Å². The van der Waals surface area contributed by atoms with E-state index in [1.54, 1.807) is 0 Å². The Labute approximate surface area is 175 Å². The molecule has 0 N–H and O–H groups in total. The zero-order valence-corrected chi connectivity index (χ0v) is 19.0. The smallest absolute Gasteiger partial charge is 0.305 e. The number of ether oxygens (including phenoxy) is 3. The summed E-state index contributed by atoms with van der Waals surface area (Å²) in [6.45, 7) is 6.91. The summed E-state index contributed by atoms with van der Waals surface area (Å²) < 4.78 is 15.6. The second kappa shape index (κ2) is 24.4. The fourth-order valence-corrected chi connectivity index (χ4v) is 3.29. The van der Waals surface area contributed by atoms with Crippen LogP contribution in [0, 0.1) is 0 Å². The molecule has 0 aliphatic heterocycles. The molecule has 0 rings (SSSR count). The first-order valence-electron chi connectivity index (χ1n) is 12.1. The first kappa shape index (κ1) is 27.4. The van der Waals surface area contributed by atoms with Gasteiger partial charge in [-0.1, -0.05) is 96.8 Å². The Morgan fingerprint density at radius 2 is 0.964 bits per heavy atom. The van der Waals surface area contributed by atoms with Gasteiger partial charge in [0.2, 0.25) is 0 Å². The fourth-order valence-electron chi connectivity index (χ4n) is 3.29. The summed E-state index contributed by atoms with van der Waals surface area (Å²) in [6, 6.07) is 0. The van der Waals surface area contributed by atoms with Crippen LogP contribution >= 0.6 is 0 Å². The minimum Gasteiger partial charge on any atom is -0.463 e. The SMILES string of the molecule is CCCCCCCCCCCCCCCCCC(=O)OCCOCCOCC. The van der Waals surface area contributed by atoms with E-state index in [4.69, 9.17) is 14.2 Å². The molecule has 0 saturated heterocycles. The zero-order valence-electron chi connectivity index (χ0n) is 19.0. The second-order valence-corrected chi connectivity index (χ2v) is 7.73. The fraction of sp³-hybridized carbons (Fsp3) is 0.958. The molecular weight excluding hydrogens is 352 g/mol. The highest BCUT2D eigenvalue weighted by Gasteiger charge is 2.02. The summed E-state index contributed by atoms with van der Waals surface area (Å²) >= 11 is 0. The maximum Gasteiger partial charge on any atom is 0.305 e. The van der Waals surface area contributed by atoms with E-state index in [1.165, 1.54) is 83.5 Å². The maximum atomic E-state index is 11.6. The highest BCUT2D eigenvalue weighted by molar-refractivity contribution is 5.69. The van der Waals surface area contributed by atoms with Crippen molar-refractivity contribution in [2.75, 3.05) is 33.0 Å². The zero-order chi connectivity index (χ0) is 20.5. The Morgan fingerprint density at radius 1 is 0.536 bits per heavy atom. The molecule has 0 heterocycles. The van der Waals surface area contributed by atoms with E-state index in [0.717, 1.165) is 12.8 Å². The van der Waals surface area contributed by atoms with E-state index in [1.807, 2.05) is 6.92 Å². The minimum absolute atomic E-state index is 0.0943. The van der Waals surface area contributed by atoms with Crippen molar-refractivity contribution >= 4 is 5.97 Å². The van der Waals surface area contributed by atoms with Crippen LogP contribution in [0.2, 0.25) is 0 Å². The highest BCUT2D eigenvalue weighted by Crippen LogP contribution is 2.13. The maximum absolute atomic E-state index is 11.6. The van der Waals surface area contributed by atoms with Gasteiger partial charge in [-0.15, -0.1) is 0 Å². The lowest BCUT2D eigenvalue weighted by molar-refractivity contribution is -0.145. The van der Waals surface area contributed by atoms with Crippen LogP contribution in [0.25, 0.3) is 0 Å². The number of unbranched alkanes of at least 4 members (excludes halogenated alkanes) is 14. The molecule has 0 aromatic heterocycles. The Hall–Kier alpha value is -0.610. The lowest BCUT2D eigenvalue weighted by atomic mass is 10.0. The van der Waals surface area contributed by atoms with E-state index in [-0.39, 0.29) is 5.97 Å². The monoisotopic (exact) mass is 400 g/mol. The summed E-state index contributed by atoms with van der Waals surface area (Å²) in [6.07, 6.45) is 20.6. The predicted molar refractivity (Wildman–Crippen MR) is 118 cm³/mol. The van der Waals surface area contributed by atoms with E-state index in [0.29, 0.717) is 39.5 Å². The molecule has 0 spiro atoms. The molecule has 28 heavy (non-hydrogen) atoms. The molecule has 0 atom stereocenters. The van der Waals surface area contributed by atoms with Gasteiger partial charge in [0, 0.05) is 13.0 Å². The first-order chi connectivity index (χ1) is 13.8. The van der Waals surface area contributed by atoms with Crippen LogP contribution < -0.4 is 0 Å². The van der Waals surface area contributed by atoms with Gasteiger partial charge in [0.25, 0.3) is 0 Å². The van der Waals surface area contributed by atoms with Crippen molar-refractivity contribution in [2.45, 2.75) is 117 Å². The molecule has 0 fully saturated rings. The van der Waals surface area contributed by atoms with Crippen LogP contribution in [0.1, 0.15) is 117 Å². The third-order valence-corrected chi connectivity index (χ3v) is 5.05. The van der Waals surface area contributed by atoms with Crippen molar-refractivity contribution in [2.24, 2.45) is 0 Å². The van der Waals surface area contributed by atoms with Gasteiger partial charge in [0.1, 0.15) is 6.61 Å². The van der Waals surface area contributed by atoms with Crippen LogP contribution in [0.15, 0.2) is 0 Å². The van der Waals surface area contributed by atoms with Crippen LogP contribution in [0.4, 0.5) is 0 Å². The van der Waals surface area contributed by atoms with Gasteiger partial charge < -0.3 is 14.2 Å². The van der Waals surface area contributed by atoms with E-state index in [2.05, 4.69) is 6.92 Å². The lowest BCUT2D eigenvalue weighted by Crippen LogP contribution is -2.12. The quantitative estimate of drug-likeness (QED) is 0.139. The molecule has 0 saturated carbocycles. The van der Waals surface area contributed by atoms with Crippen LogP contribution in [-0.2, 0) is 19.0 Å². The highest BCUT2D eigenvalue weighted by atomic mass is 16.6. The molecule has 4 nitrogen and oxygen atoms in total. The Kier molecular flexibility index (Phi) is 23.9. The van der Waals surface area contributed by atoms with E-state index < -0.39 is 0 Å². The lowest BCUT2D eigenvalue weighted by Gasteiger charge is -2.06. The van der Waals surface area contributed by atoms with Gasteiger partial charge in [-0.05, 0) is 13.3 Å². The molecule has 0 aliphatic rings. The molecule has 0 aromatic carbocycles. The second-order valence-electron chi connectivity index (χ2n) is 7.73. The van der Waals surface area contributed by atoms with Gasteiger partial charge in [-0.25, -0.2) is 0 Å². The predicted octanol–water partition coefficient (Wildman–Crippen LogP) is 6.84. The first-order valence-corrected chi connectivity index (χ1v) is 12.1. The summed E-state index contributed by atoms with van der Waals surface area (Å²) in [5.41, 5.74) is 0. The molecular formula is C24H48O4. The van der Waals surface area contributed by atoms with Crippen LogP contribution in [0.5, 0.6) is 0 Å². The van der Waals surface area contributed by atoms with Gasteiger partial charge in [-0.2, -0.15) is 0 Å². The third kappa shape index (κ3) is 23.4. The Bertz CT molecular complexity index is 307. The number of hydrogen-bond donors (Lipinski definition) is 0. The molecule has 0 radical (unpaired) electrons. The number of carbonyl (C=O) groups excluding carboxylic acids is 1. The van der Waals surface area contributed by atoms with Crippen molar-refractivity contribution in [1.82, 2.24) is 0 Å². The van der Waals surface area contributed by atoms with Gasteiger partial charge in [0.05, 0.1) is 19.8 Å². The van der Waals surface area contributed by atoms with Crippen molar-refractivity contribution in [1.29, 1.82) is 0 Å². The molecule has 168 valence electrons. The summed E-state index contributed by atoms with van der Waals surface area (Å²) in [7, 11) is 0. The molecule has 0 bridgehead atoms. The normalized spacial score (nSPS) is 11.1. The molecule has 0 amide bonds. The van der Waals surface area contributed by atoms with Crippen LogP contribution in [-0.4, -0.2) is 39.0 Å². The Morgan fingerprint density at radius 3 is 1.46 bits per heavy atom. The van der Waals surface area contributed by atoms with Gasteiger partial charge >= 0.3 is 5.97 Å². The topological polar surface area (TPSA) is 44.8 Å². The molecule has 0 aliphatic carbocycles. The standard InChI is InChI=1S/C24H48O4/c1-3-5-6-7-8-9-10-11-12-13-14-15-16-17-18-19-24(25)28-23-22-27-21-20-26-4-2/h3-23H2,1-2H3. The average Bonchev–Trinajstić information content (AvgIpc) is 2.70. The largest absolute Gasteiger partial charge is 0.463 e. The molecule has 0 unspecified atom stereocenters. The van der Waals surface area contributed by atoms with Crippen molar-refractivity contribution in [3.8, 4) is 0 Å². The number of hydrogen-bond acceptors (Lipinski definition) is 4. The summed E-state index contributed by atoms with van der Waals surface area (Å²) in [5.74, 6) is -0.0943. The summed E-state index contributed by atoms with van der Waals surface area (Å²) in [4.78, 5) is 11.6. The van der Waals surface area contributed by atoms with Crippen molar-refractivity contribution in [3.05, 3.63) is 0 Å². The number of carbonyl (C=O) groups is 1. The Balaban J connectivity index is 3.11. The molecule has 0 aromatic rings. The third-order valence-electron chi connectivity index (χ3n) is 5.05. The number of esters is 1. The van der Waals surface area contributed by atoms with E-state index in [9.17, 15) is 4.79 Å². The van der Waals surface area contributed by atoms with Crippen LogP contribution in [0.3, 0.4) is 0 Å². The summed E-state index contributed by atoms with van der Waals surface area (Å²) in [5, 5.41) is 0. The van der Waals surface area contributed by atoms with Gasteiger partial charge in [-0.3, -0.25) is 4.79 Å². The van der Waals surface area contributed by atoms with Crippen molar-refractivity contribution < 1.29 is 19.0 Å².